The van der Waals surface area contributed by atoms with Gasteiger partial charge in [-0.25, -0.2) is 0 Å². The lowest BCUT2D eigenvalue weighted by Crippen LogP contribution is -2.02. The smallest absolute Gasteiger partial charge is 0.188 e. The second kappa shape index (κ2) is 6.22. The summed E-state index contributed by atoms with van der Waals surface area (Å²) >= 11 is 0. The first-order valence-electron chi connectivity index (χ1n) is 4.76. The molecule has 15 heavy (non-hydrogen) atoms. The Kier molecular flexibility index (Phi) is 4.87. The number of hydrogen-bond donors (Lipinski definition) is 1. The molecule has 0 aliphatic rings. The van der Waals surface area contributed by atoms with E-state index in [-0.39, 0.29) is 6.79 Å². The fourth-order valence-electron chi connectivity index (χ4n) is 1.21. The standard InChI is InChI=1S/C12H16O3/c1-10(15-9-14-2)8-12(13)11-6-4-3-5-7-11/h3-7,12-13H,1,8-9H2,2H3. The lowest BCUT2D eigenvalue weighted by Gasteiger charge is -2.13. The Morgan fingerprint density at radius 2 is 2.07 bits per heavy atom. The van der Waals surface area contributed by atoms with Gasteiger partial charge in [-0.2, -0.15) is 0 Å². The topological polar surface area (TPSA) is 38.7 Å². The van der Waals surface area contributed by atoms with E-state index in [0.29, 0.717) is 12.2 Å². The molecule has 0 amide bonds. The maximum absolute atomic E-state index is 9.81. The second-order valence-corrected chi connectivity index (χ2v) is 3.22. The van der Waals surface area contributed by atoms with Crippen LogP contribution in [0.1, 0.15) is 18.1 Å². The fraction of sp³-hybridized carbons (Fsp3) is 0.333. The molecule has 0 aliphatic heterocycles. The van der Waals surface area contributed by atoms with E-state index in [1.807, 2.05) is 30.3 Å². The molecule has 1 atom stereocenters. The van der Waals surface area contributed by atoms with Gasteiger partial charge in [-0.15, -0.1) is 0 Å². The molecule has 1 rings (SSSR count). The van der Waals surface area contributed by atoms with Crippen LogP contribution in [0.2, 0.25) is 0 Å². The maximum Gasteiger partial charge on any atom is 0.188 e. The van der Waals surface area contributed by atoms with Crippen LogP contribution in [0.15, 0.2) is 42.7 Å². The summed E-state index contributed by atoms with van der Waals surface area (Å²) in [5.41, 5.74) is 0.861. The first-order valence-corrected chi connectivity index (χ1v) is 4.76. The Hall–Kier alpha value is -1.32. The van der Waals surface area contributed by atoms with Crippen molar-refractivity contribution in [3.05, 3.63) is 48.2 Å². The molecule has 3 heteroatoms. The average molecular weight is 208 g/mol. The summed E-state index contributed by atoms with van der Waals surface area (Å²) in [7, 11) is 1.54. The van der Waals surface area contributed by atoms with Crippen LogP contribution in [0, 0.1) is 0 Å². The van der Waals surface area contributed by atoms with Crippen LogP contribution < -0.4 is 0 Å². The Balaban J connectivity index is 2.42. The molecule has 1 aromatic rings. The SMILES string of the molecule is C=C(CC(O)c1ccccc1)OCOC. The zero-order valence-electron chi connectivity index (χ0n) is 8.85. The van der Waals surface area contributed by atoms with Crippen LogP contribution in [-0.2, 0) is 9.47 Å². The number of methoxy groups -OCH3 is 1. The minimum absolute atomic E-state index is 0.167. The zero-order chi connectivity index (χ0) is 11.1. The van der Waals surface area contributed by atoms with Crippen molar-refractivity contribution in [1.82, 2.24) is 0 Å². The third-order valence-corrected chi connectivity index (χ3v) is 1.99. The highest BCUT2D eigenvalue weighted by atomic mass is 16.7. The van der Waals surface area contributed by atoms with Gasteiger partial charge in [-0.05, 0) is 5.56 Å². The molecule has 0 fully saturated rings. The number of rotatable bonds is 6. The third-order valence-electron chi connectivity index (χ3n) is 1.99. The first-order chi connectivity index (χ1) is 7.24. The summed E-state index contributed by atoms with van der Waals surface area (Å²) in [6, 6.07) is 9.42. The monoisotopic (exact) mass is 208 g/mol. The van der Waals surface area contributed by atoms with E-state index in [0.717, 1.165) is 5.56 Å². The van der Waals surface area contributed by atoms with Gasteiger partial charge in [-0.3, -0.25) is 0 Å². The van der Waals surface area contributed by atoms with Gasteiger partial charge in [0.1, 0.15) is 0 Å². The van der Waals surface area contributed by atoms with E-state index in [1.165, 1.54) is 0 Å². The normalized spacial score (nSPS) is 12.1. The molecule has 0 radical (unpaired) electrons. The van der Waals surface area contributed by atoms with Crippen molar-refractivity contribution in [2.45, 2.75) is 12.5 Å². The molecule has 82 valence electrons. The van der Waals surface area contributed by atoms with E-state index in [2.05, 4.69) is 6.58 Å². The van der Waals surface area contributed by atoms with Crippen molar-refractivity contribution in [3.63, 3.8) is 0 Å². The molecule has 0 heterocycles. The summed E-state index contributed by atoms with van der Waals surface area (Å²) in [6.45, 7) is 3.86. The Morgan fingerprint density at radius 3 is 2.67 bits per heavy atom. The van der Waals surface area contributed by atoms with Gasteiger partial charge in [0.05, 0.1) is 11.9 Å². The lowest BCUT2D eigenvalue weighted by atomic mass is 10.1. The van der Waals surface area contributed by atoms with E-state index in [9.17, 15) is 5.11 Å². The van der Waals surface area contributed by atoms with Crippen LogP contribution in [0.3, 0.4) is 0 Å². The molecule has 0 bridgehead atoms. The highest BCUT2D eigenvalue weighted by Gasteiger charge is 2.09. The predicted molar refractivity (Wildman–Crippen MR) is 58.1 cm³/mol. The molecule has 0 saturated carbocycles. The van der Waals surface area contributed by atoms with E-state index < -0.39 is 6.10 Å². The molecule has 0 aliphatic carbocycles. The molecule has 0 saturated heterocycles. The summed E-state index contributed by atoms with van der Waals surface area (Å²) in [5.74, 6) is 0.521. The van der Waals surface area contributed by atoms with Gasteiger partial charge in [0.15, 0.2) is 6.79 Å². The van der Waals surface area contributed by atoms with Crippen molar-refractivity contribution in [3.8, 4) is 0 Å². The minimum atomic E-state index is -0.574. The Bertz CT molecular complexity index is 295. The van der Waals surface area contributed by atoms with Crippen molar-refractivity contribution in [2.75, 3.05) is 13.9 Å². The number of aliphatic hydroxyl groups excluding tert-OH is 1. The van der Waals surface area contributed by atoms with Gasteiger partial charge >= 0.3 is 0 Å². The molecule has 1 aromatic carbocycles. The van der Waals surface area contributed by atoms with Gasteiger partial charge in [0.25, 0.3) is 0 Å². The number of ether oxygens (including phenoxy) is 2. The molecule has 3 nitrogen and oxygen atoms in total. The summed E-state index contributed by atoms with van der Waals surface area (Å²) in [5, 5.41) is 9.81. The number of benzene rings is 1. The van der Waals surface area contributed by atoms with Gasteiger partial charge < -0.3 is 14.6 Å². The third kappa shape index (κ3) is 4.14. The first kappa shape index (κ1) is 11.8. The molecule has 0 aromatic heterocycles. The van der Waals surface area contributed by atoms with Gasteiger partial charge in [0.2, 0.25) is 0 Å². The molecular weight excluding hydrogens is 192 g/mol. The minimum Gasteiger partial charge on any atom is -0.472 e. The Labute approximate surface area is 90.0 Å². The van der Waals surface area contributed by atoms with Gasteiger partial charge in [0, 0.05) is 13.5 Å². The van der Waals surface area contributed by atoms with Crippen molar-refractivity contribution >= 4 is 0 Å². The molecule has 1 N–H and O–H groups in total. The fourth-order valence-corrected chi connectivity index (χ4v) is 1.21. The Morgan fingerprint density at radius 1 is 1.40 bits per heavy atom. The summed E-state index contributed by atoms with van der Waals surface area (Å²) < 4.78 is 9.84. The number of hydrogen-bond acceptors (Lipinski definition) is 3. The quantitative estimate of drug-likeness (QED) is 0.575. The largest absolute Gasteiger partial charge is 0.472 e. The lowest BCUT2D eigenvalue weighted by molar-refractivity contribution is -0.00357. The zero-order valence-corrected chi connectivity index (χ0v) is 8.85. The highest BCUT2D eigenvalue weighted by molar-refractivity contribution is 5.18. The highest BCUT2D eigenvalue weighted by Crippen LogP contribution is 2.20. The average Bonchev–Trinajstić information content (AvgIpc) is 2.27. The van der Waals surface area contributed by atoms with E-state index in [1.54, 1.807) is 7.11 Å². The van der Waals surface area contributed by atoms with Crippen molar-refractivity contribution < 1.29 is 14.6 Å². The summed E-state index contributed by atoms with van der Waals surface area (Å²) in [4.78, 5) is 0. The molecule has 1 unspecified atom stereocenters. The van der Waals surface area contributed by atoms with Crippen LogP contribution in [0.4, 0.5) is 0 Å². The maximum atomic E-state index is 9.81. The van der Waals surface area contributed by atoms with E-state index in [4.69, 9.17) is 9.47 Å². The van der Waals surface area contributed by atoms with Gasteiger partial charge in [-0.1, -0.05) is 36.9 Å². The van der Waals surface area contributed by atoms with Crippen LogP contribution in [0.25, 0.3) is 0 Å². The summed E-state index contributed by atoms with van der Waals surface area (Å²) in [6.07, 6.45) is -0.191. The second-order valence-electron chi connectivity index (χ2n) is 3.22. The predicted octanol–water partition coefficient (Wildman–Crippen LogP) is 2.24. The van der Waals surface area contributed by atoms with Crippen LogP contribution in [0.5, 0.6) is 0 Å². The van der Waals surface area contributed by atoms with Crippen molar-refractivity contribution in [1.29, 1.82) is 0 Å². The van der Waals surface area contributed by atoms with Crippen molar-refractivity contribution in [2.24, 2.45) is 0 Å². The number of aliphatic hydroxyl groups is 1. The molecular formula is C12H16O3. The van der Waals surface area contributed by atoms with E-state index >= 15 is 0 Å². The molecule has 0 spiro atoms. The van der Waals surface area contributed by atoms with Crippen LogP contribution in [-0.4, -0.2) is 19.0 Å². The van der Waals surface area contributed by atoms with Crippen LogP contribution >= 0.6 is 0 Å².